The molecule has 0 aliphatic carbocycles. The maximum atomic E-state index is 12.7. The number of rotatable bonds is 3. The molecule has 0 spiro atoms. The van der Waals surface area contributed by atoms with Gasteiger partial charge in [-0.25, -0.2) is 4.79 Å². The zero-order valence-corrected chi connectivity index (χ0v) is 16.0. The number of aliphatic imine (C=N–C) groups is 1. The zero-order chi connectivity index (χ0) is 17.4. The number of fused-ring (bicyclic) bond motifs is 1. The number of allylic oxidation sites excluding steroid dienone is 1. The van der Waals surface area contributed by atoms with Gasteiger partial charge < -0.3 is 0 Å². The first-order valence-electron chi connectivity index (χ1n) is 7.44. The smallest absolute Gasteiger partial charge is 0.255 e. The van der Waals surface area contributed by atoms with Crippen molar-refractivity contribution in [3.05, 3.63) is 44.8 Å². The first-order chi connectivity index (χ1) is 11.4. The van der Waals surface area contributed by atoms with E-state index in [2.05, 4.69) is 33.1 Å². The number of benzene rings is 1. The first kappa shape index (κ1) is 17.1. The maximum absolute atomic E-state index is 12.7. The largest absolute Gasteiger partial charge is 0.445 e. The highest BCUT2D eigenvalue weighted by atomic mass is 79.9. The van der Waals surface area contributed by atoms with E-state index in [-0.39, 0.29) is 11.9 Å². The van der Waals surface area contributed by atoms with Gasteiger partial charge in [0.15, 0.2) is 5.92 Å². The predicted molar refractivity (Wildman–Crippen MR) is 99.5 cm³/mol. The number of amides is 3. The van der Waals surface area contributed by atoms with Gasteiger partial charge in [0, 0.05) is 15.1 Å². The zero-order valence-electron chi connectivity index (χ0n) is 13.6. The average molecular weight is 407 g/mol. The van der Waals surface area contributed by atoms with E-state index in [0.29, 0.717) is 5.84 Å². The Balaban J connectivity index is 1.91. The molecule has 0 radical (unpaired) electrons. The summed E-state index contributed by atoms with van der Waals surface area (Å²) in [5.74, 6) is 0.546. The van der Waals surface area contributed by atoms with Gasteiger partial charge in [0.25, 0.3) is 5.84 Å². The normalized spacial score (nSPS) is 20.8. The van der Waals surface area contributed by atoms with Crippen LogP contribution in [-0.2, 0) is 10.5 Å². The molecule has 124 valence electrons. The summed E-state index contributed by atoms with van der Waals surface area (Å²) in [6.07, 6.45) is 1.73. The van der Waals surface area contributed by atoms with Crippen molar-refractivity contribution in [2.24, 2.45) is 10.9 Å². The van der Waals surface area contributed by atoms with E-state index in [4.69, 9.17) is 0 Å². The third kappa shape index (κ3) is 2.98. The fourth-order valence-corrected chi connectivity index (χ4v) is 4.13. The lowest BCUT2D eigenvalue weighted by atomic mass is 9.99. The number of urea groups is 1. The highest BCUT2D eigenvalue weighted by molar-refractivity contribution is 9.10. The number of halogens is 1. The molecule has 0 saturated heterocycles. The van der Waals surface area contributed by atoms with Crippen LogP contribution in [0, 0.1) is 5.92 Å². The van der Waals surface area contributed by atoms with Gasteiger partial charge >= 0.3 is 11.9 Å². The van der Waals surface area contributed by atoms with Crippen LogP contribution in [0.1, 0.15) is 12.5 Å². The number of amidine groups is 1. The first-order valence-corrected chi connectivity index (χ1v) is 9.22. The fourth-order valence-electron chi connectivity index (χ4n) is 2.70. The molecule has 0 aromatic heterocycles. The molecule has 0 N–H and O–H groups in total. The third-order valence-electron chi connectivity index (χ3n) is 4.10. The Morgan fingerprint density at radius 3 is 2.62 bits per heavy atom. The van der Waals surface area contributed by atoms with E-state index in [1.54, 1.807) is 25.0 Å². The second-order valence-corrected chi connectivity index (χ2v) is 7.68. The number of nitrogens with zero attached hydrogens (tertiary/aromatic N) is 3. The lowest BCUT2D eigenvalue weighted by molar-refractivity contribution is -0.407. The monoisotopic (exact) mass is 406 g/mol. The Hall–Kier alpha value is -1.73. The van der Waals surface area contributed by atoms with Gasteiger partial charge in [0.1, 0.15) is 6.21 Å². The Kier molecular flexibility index (Phi) is 4.73. The van der Waals surface area contributed by atoms with Gasteiger partial charge in [-0.3, -0.25) is 4.79 Å². The molecule has 1 unspecified atom stereocenters. The highest BCUT2D eigenvalue weighted by Crippen LogP contribution is 2.36. The minimum Gasteiger partial charge on any atom is -0.255 e. The van der Waals surface area contributed by atoms with Crippen LogP contribution in [0.15, 0.2) is 44.2 Å². The topological polar surface area (TPSA) is 52.8 Å². The Bertz CT molecular complexity index is 812. The minimum atomic E-state index is -0.497. The summed E-state index contributed by atoms with van der Waals surface area (Å²) in [5.41, 5.74) is 2.14. The molecule has 1 aromatic rings. The molecule has 3 amide bonds. The van der Waals surface area contributed by atoms with Crippen LogP contribution in [0.3, 0.4) is 0 Å². The third-order valence-corrected chi connectivity index (χ3v) is 5.98. The van der Waals surface area contributed by atoms with E-state index in [9.17, 15) is 9.59 Å². The van der Waals surface area contributed by atoms with Gasteiger partial charge in [-0.15, -0.1) is 16.8 Å². The Labute approximate surface area is 153 Å². The van der Waals surface area contributed by atoms with Crippen LogP contribution in [0.5, 0.6) is 0 Å². The van der Waals surface area contributed by atoms with Gasteiger partial charge in [-0.1, -0.05) is 28.1 Å². The lowest BCUT2D eigenvalue weighted by Crippen LogP contribution is -2.52. The van der Waals surface area contributed by atoms with E-state index in [1.165, 1.54) is 22.1 Å². The summed E-state index contributed by atoms with van der Waals surface area (Å²) in [5, 5.41) is 0. The van der Waals surface area contributed by atoms with Crippen molar-refractivity contribution < 1.29 is 14.2 Å². The predicted octanol–water partition coefficient (Wildman–Crippen LogP) is 3.29. The fraction of sp³-hybridized carbons (Fsp3) is 0.294. The molecule has 3 rings (SSSR count). The van der Waals surface area contributed by atoms with Crippen molar-refractivity contribution in [2.45, 2.75) is 12.7 Å². The Morgan fingerprint density at radius 2 is 1.96 bits per heavy atom. The summed E-state index contributed by atoms with van der Waals surface area (Å²) < 4.78 is 2.49. The number of dihydropyridines is 1. The molecule has 0 bridgehead atoms. The van der Waals surface area contributed by atoms with E-state index < -0.39 is 5.92 Å². The van der Waals surface area contributed by atoms with E-state index in [1.807, 2.05) is 19.1 Å². The summed E-state index contributed by atoms with van der Waals surface area (Å²) in [4.78, 5) is 31.2. The van der Waals surface area contributed by atoms with Crippen molar-refractivity contribution in [3.63, 3.8) is 0 Å². The molecule has 0 fully saturated rings. The molecular formula is C17H17BrN3O2S+. The SMILES string of the molecule is CC1=C(SCc2ccc(Br)cc2)C2C(=O)N(C)C(=O)[N+](C)=C2N=C1. The average Bonchev–Trinajstić information content (AvgIpc) is 2.58. The molecule has 1 atom stereocenters. The van der Waals surface area contributed by atoms with Crippen LogP contribution in [-0.4, -0.2) is 47.6 Å². The molecular weight excluding hydrogens is 390 g/mol. The van der Waals surface area contributed by atoms with Crippen molar-refractivity contribution in [3.8, 4) is 0 Å². The standard InChI is InChI=1S/C17H17BrN3O2S/c1-10-8-19-15-13(16(22)21(3)17(23)20(15)2)14(10)24-9-11-4-6-12(18)7-5-11/h4-8,13H,9H2,1-3H3/q+1. The molecule has 2 heterocycles. The second-order valence-electron chi connectivity index (χ2n) is 5.75. The second kappa shape index (κ2) is 6.64. The van der Waals surface area contributed by atoms with Gasteiger partial charge in [-0.05, 0) is 30.2 Å². The van der Waals surface area contributed by atoms with E-state index >= 15 is 0 Å². The highest BCUT2D eigenvalue weighted by Gasteiger charge is 2.47. The molecule has 2 aliphatic rings. The van der Waals surface area contributed by atoms with E-state index in [0.717, 1.165) is 20.7 Å². The van der Waals surface area contributed by atoms with Crippen LogP contribution in [0.4, 0.5) is 4.79 Å². The van der Waals surface area contributed by atoms with Crippen LogP contribution >= 0.6 is 27.7 Å². The summed E-state index contributed by atoms with van der Waals surface area (Å²) in [6.45, 7) is 1.95. The number of thioether (sulfide) groups is 1. The number of carbonyl (C=O) groups excluding carboxylic acids is 2. The molecule has 5 nitrogen and oxygen atoms in total. The maximum Gasteiger partial charge on any atom is 0.445 e. The van der Waals surface area contributed by atoms with Crippen LogP contribution in [0.2, 0.25) is 0 Å². The minimum absolute atomic E-state index is 0.220. The molecule has 2 aliphatic heterocycles. The Morgan fingerprint density at radius 1 is 1.29 bits per heavy atom. The summed E-state index contributed by atoms with van der Waals surface area (Å²) in [6, 6.07) is 7.77. The molecule has 1 aromatic carbocycles. The molecule has 24 heavy (non-hydrogen) atoms. The van der Waals surface area contributed by atoms with Gasteiger partial charge in [0.2, 0.25) is 0 Å². The molecule has 0 saturated carbocycles. The number of imide groups is 1. The van der Waals surface area contributed by atoms with Crippen molar-refractivity contribution in [1.29, 1.82) is 0 Å². The number of carbonyl (C=O) groups is 2. The quantitative estimate of drug-likeness (QED) is 0.723. The van der Waals surface area contributed by atoms with Gasteiger partial charge in [-0.2, -0.15) is 9.48 Å². The van der Waals surface area contributed by atoms with Crippen molar-refractivity contribution in [2.75, 3.05) is 14.1 Å². The van der Waals surface area contributed by atoms with Crippen LogP contribution < -0.4 is 0 Å². The number of hydrogen-bond donors (Lipinski definition) is 0. The number of hydrogen-bond acceptors (Lipinski definition) is 4. The lowest BCUT2D eigenvalue weighted by Gasteiger charge is -2.27. The summed E-state index contributed by atoms with van der Waals surface area (Å²) in [7, 11) is 3.17. The van der Waals surface area contributed by atoms with Crippen molar-refractivity contribution >= 4 is 51.7 Å². The van der Waals surface area contributed by atoms with Crippen LogP contribution in [0.25, 0.3) is 0 Å². The molecule has 7 heteroatoms. The van der Waals surface area contributed by atoms with Crippen molar-refractivity contribution in [1.82, 2.24) is 4.90 Å². The summed E-state index contributed by atoms with van der Waals surface area (Å²) >= 11 is 5.06. The van der Waals surface area contributed by atoms with Gasteiger partial charge in [0.05, 0.1) is 14.1 Å².